The Kier molecular flexibility index (Phi) is 8.28. The van der Waals surface area contributed by atoms with Gasteiger partial charge in [0, 0.05) is 5.75 Å². The van der Waals surface area contributed by atoms with E-state index in [-0.39, 0.29) is 5.78 Å². The van der Waals surface area contributed by atoms with Gasteiger partial charge in [-0.3, -0.25) is 9.59 Å². The van der Waals surface area contributed by atoms with Crippen molar-refractivity contribution < 1.29 is 19.1 Å². The second kappa shape index (κ2) is 10.8. The van der Waals surface area contributed by atoms with Crippen LogP contribution in [0.1, 0.15) is 66.3 Å². The molecule has 0 saturated heterocycles. The molecule has 1 saturated carbocycles. The Morgan fingerprint density at radius 2 is 1.61 bits per heavy atom. The van der Waals surface area contributed by atoms with Gasteiger partial charge in [0.1, 0.15) is 11.7 Å². The molecule has 5 heteroatoms. The first-order valence-corrected chi connectivity index (χ1v) is 12.7. The molecule has 1 fully saturated rings. The normalized spacial score (nSPS) is 21.3. The van der Waals surface area contributed by atoms with E-state index in [9.17, 15) is 9.59 Å². The molecule has 1 aliphatic rings. The average molecular weight is 469 g/mol. The van der Waals surface area contributed by atoms with Crippen molar-refractivity contribution in [3.8, 4) is 5.75 Å². The van der Waals surface area contributed by atoms with Crippen molar-refractivity contribution in [3.63, 3.8) is 0 Å². The van der Waals surface area contributed by atoms with Gasteiger partial charge in [0.25, 0.3) is 0 Å². The van der Waals surface area contributed by atoms with Gasteiger partial charge in [-0.1, -0.05) is 36.8 Å². The van der Waals surface area contributed by atoms with Gasteiger partial charge in [0.2, 0.25) is 0 Å². The number of benzene rings is 2. The van der Waals surface area contributed by atoms with E-state index in [2.05, 4.69) is 6.92 Å². The molecule has 0 bridgehead atoms. The number of ether oxygens (including phenoxy) is 2. The van der Waals surface area contributed by atoms with Gasteiger partial charge in [0.05, 0.1) is 19.0 Å². The van der Waals surface area contributed by atoms with Crippen LogP contribution >= 0.6 is 11.8 Å². The molecule has 0 aliphatic heterocycles. The number of hydrogen-bond donors (Lipinski definition) is 0. The Labute approximate surface area is 202 Å². The molecular formula is C28H36O4S. The van der Waals surface area contributed by atoms with E-state index in [1.807, 2.05) is 57.2 Å². The van der Waals surface area contributed by atoms with Crippen LogP contribution in [0.4, 0.5) is 0 Å². The summed E-state index contributed by atoms with van der Waals surface area (Å²) in [5.74, 6) is 0.758. The van der Waals surface area contributed by atoms with Crippen molar-refractivity contribution >= 4 is 23.5 Å². The second-order valence-electron chi connectivity index (χ2n) is 9.45. The lowest BCUT2D eigenvalue weighted by Crippen LogP contribution is -2.44. The molecular weight excluding hydrogens is 432 g/mol. The zero-order valence-electron chi connectivity index (χ0n) is 20.7. The highest BCUT2D eigenvalue weighted by molar-refractivity contribution is 8.00. The number of aryl methyl sites for hydroxylation is 3. The third kappa shape index (κ3) is 5.63. The van der Waals surface area contributed by atoms with E-state index < -0.39 is 16.6 Å². The van der Waals surface area contributed by atoms with E-state index >= 15 is 0 Å². The summed E-state index contributed by atoms with van der Waals surface area (Å²) < 4.78 is 9.86. The van der Waals surface area contributed by atoms with Gasteiger partial charge in [0.15, 0.2) is 5.78 Å². The monoisotopic (exact) mass is 468 g/mol. The molecule has 0 radical (unpaired) electrons. The number of thioether (sulfide) groups is 1. The van der Waals surface area contributed by atoms with Crippen LogP contribution in [0.15, 0.2) is 36.4 Å². The smallest absolute Gasteiger partial charge is 0.320 e. The highest BCUT2D eigenvalue weighted by Crippen LogP contribution is 2.47. The summed E-state index contributed by atoms with van der Waals surface area (Å²) in [6.45, 7) is 8.25. The van der Waals surface area contributed by atoms with Gasteiger partial charge >= 0.3 is 5.97 Å². The van der Waals surface area contributed by atoms with Gasteiger partial charge in [-0.2, -0.15) is 0 Å². The van der Waals surface area contributed by atoms with Gasteiger partial charge in [-0.15, -0.1) is 11.8 Å². The first-order chi connectivity index (χ1) is 15.7. The van der Waals surface area contributed by atoms with Crippen LogP contribution in [0.2, 0.25) is 0 Å². The highest BCUT2D eigenvalue weighted by Gasteiger charge is 2.48. The molecule has 0 N–H and O–H groups in total. The number of esters is 1. The average Bonchev–Trinajstić information content (AvgIpc) is 2.80. The molecule has 0 heterocycles. The minimum Gasteiger partial charge on any atom is -0.497 e. The number of rotatable bonds is 8. The van der Waals surface area contributed by atoms with Crippen molar-refractivity contribution in [1.29, 1.82) is 0 Å². The predicted molar refractivity (Wildman–Crippen MR) is 135 cm³/mol. The topological polar surface area (TPSA) is 52.6 Å². The molecule has 1 aliphatic carbocycles. The number of carbonyl (C=O) groups excluding carboxylic acids is 2. The maximum Gasteiger partial charge on any atom is 0.320 e. The number of Topliss-reactive ketones (excluding diaryl/α,β-unsaturated/α-hetero) is 1. The molecule has 33 heavy (non-hydrogen) atoms. The van der Waals surface area contributed by atoms with E-state index in [0.29, 0.717) is 11.7 Å². The fourth-order valence-electron chi connectivity index (χ4n) is 5.02. The summed E-state index contributed by atoms with van der Waals surface area (Å²) in [7, 11) is 3.03. The van der Waals surface area contributed by atoms with Crippen LogP contribution in [0.25, 0.3) is 0 Å². The van der Waals surface area contributed by atoms with Crippen LogP contribution in [0.3, 0.4) is 0 Å². The zero-order chi connectivity index (χ0) is 24.2. The number of ketones is 1. The van der Waals surface area contributed by atoms with Crippen LogP contribution in [0.5, 0.6) is 5.75 Å². The largest absolute Gasteiger partial charge is 0.497 e. The van der Waals surface area contributed by atoms with Crippen molar-refractivity contribution in [2.45, 2.75) is 69.8 Å². The van der Waals surface area contributed by atoms with E-state index in [4.69, 9.17) is 9.47 Å². The maximum absolute atomic E-state index is 14.3. The minimum atomic E-state index is -0.896. The summed E-state index contributed by atoms with van der Waals surface area (Å²) >= 11 is 1.69. The standard InChI is InChI=1S/C28H36O4S/c1-18-11-13-28(14-12-18,33-17-22-7-9-23(31-5)10-8-22)26(29)25(27(30)32-6)24-20(3)15-19(2)16-21(24)4/h7-10,15-16,18,25H,11-14,17H2,1-6H3. The lowest BCUT2D eigenvalue weighted by molar-refractivity contribution is -0.146. The van der Waals surface area contributed by atoms with E-state index in [1.165, 1.54) is 7.11 Å². The fourth-order valence-corrected chi connectivity index (χ4v) is 6.44. The molecule has 0 aromatic heterocycles. The van der Waals surface area contributed by atoms with Gasteiger partial charge in [-0.25, -0.2) is 0 Å². The number of hydrogen-bond acceptors (Lipinski definition) is 5. The molecule has 1 atom stereocenters. The Balaban J connectivity index is 1.98. The van der Waals surface area contributed by atoms with E-state index in [1.54, 1.807) is 18.9 Å². The minimum absolute atomic E-state index is 0.00480. The second-order valence-corrected chi connectivity index (χ2v) is 10.8. The fraction of sp³-hybridized carbons (Fsp3) is 0.500. The SMILES string of the molecule is COC(=O)C(C(=O)C1(SCc2ccc(OC)cc2)CCC(C)CC1)c1c(C)cc(C)cc1C. The summed E-state index contributed by atoms with van der Waals surface area (Å²) in [6, 6.07) is 12.1. The van der Waals surface area contributed by atoms with Crippen molar-refractivity contribution in [1.82, 2.24) is 0 Å². The van der Waals surface area contributed by atoms with E-state index in [0.717, 1.165) is 59.3 Å². The predicted octanol–water partition coefficient (Wildman–Crippen LogP) is 6.33. The third-order valence-corrected chi connectivity index (χ3v) is 8.57. The van der Waals surface area contributed by atoms with Crippen LogP contribution < -0.4 is 4.74 Å². The first kappa shape index (κ1) is 25.4. The molecule has 2 aromatic carbocycles. The summed E-state index contributed by atoms with van der Waals surface area (Å²) in [6.07, 6.45) is 3.54. The van der Waals surface area contributed by atoms with Crippen molar-refractivity contribution in [2.75, 3.05) is 14.2 Å². The first-order valence-electron chi connectivity index (χ1n) is 11.7. The van der Waals surface area contributed by atoms with Crippen LogP contribution in [-0.2, 0) is 20.1 Å². The summed E-state index contributed by atoms with van der Waals surface area (Å²) in [5.41, 5.74) is 5.01. The third-order valence-electron chi connectivity index (χ3n) is 6.93. The molecule has 0 amide bonds. The Morgan fingerprint density at radius 1 is 1.03 bits per heavy atom. The van der Waals surface area contributed by atoms with Crippen molar-refractivity contribution in [2.24, 2.45) is 5.92 Å². The molecule has 1 unspecified atom stereocenters. The van der Waals surface area contributed by atoms with Gasteiger partial charge in [-0.05, 0) is 86.8 Å². The number of carbonyl (C=O) groups is 2. The van der Waals surface area contributed by atoms with Crippen LogP contribution in [-0.4, -0.2) is 30.7 Å². The summed E-state index contributed by atoms with van der Waals surface area (Å²) in [5, 5.41) is 0. The Hall–Kier alpha value is -2.27. The lowest BCUT2D eigenvalue weighted by atomic mass is 9.74. The molecule has 0 spiro atoms. The Bertz CT molecular complexity index is 964. The molecule has 2 aromatic rings. The molecule has 178 valence electrons. The quantitative estimate of drug-likeness (QED) is 0.335. The maximum atomic E-state index is 14.3. The van der Waals surface area contributed by atoms with Crippen molar-refractivity contribution in [3.05, 3.63) is 64.2 Å². The molecule has 3 rings (SSSR count). The van der Waals surface area contributed by atoms with Gasteiger partial charge < -0.3 is 9.47 Å². The lowest BCUT2D eigenvalue weighted by Gasteiger charge is -2.40. The molecule has 4 nitrogen and oxygen atoms in total. The highest BCUT2D eigenvalue weighted by atomic mass is 32.2. The zero-order valence-corrected chi connectivity index (χ0v) is 21.5. The number of methoxy groups -OCH3 is 2. The Morgan fingerprint density at radius 3 is 2.12 bits per heavy atom. The summed E-state index contributed by atoms with van der Waals surface area (Å²) in [4.78, 5) is 27.4. The van der Waals surface area contributed by atoms with Crippen LogP contribution in [0, 0.1) is 26.7 Å².